The van der Waals surface area contributed by atoms with Crippen molar-refractivity contribution in [1.29, 1.82) is 0 Å². The van der Waals surface area contributed by atoms with Crippen LogP contribution in [0.5, 0.6) is 0 Å². The van der Waals surface area contributed by atoms with Gasteiger partial charge in [0.1, 0.15) is 10.8 Å². The molecule has 2 N–H and O–H groups in total. The molecule has 5 nitrogen and oxygen atoms in total. The zero-order valence-corrected chi connectivity index (χ0v) is 14.5. The van der Waals surface area contributed by atoms with Crippen LogP contribution in [-0.2, 0) is 0 Å². The summed E-state index contributed by atoms with van der Waals surface area (Å²) in [5, 5.41) is 8.93. The maximum Gasteiger partial charge on any atom is 0.255 e. The number of hydrogen-bond donors (Lipinski definition) is 2. The topological polar surface area (TPSA) is 66.9 Å². The average Bonchev–Trinajstić information content (AvgIpc) is 2.87. The van der Waals surface area contributed by atoms with Crippen LogP contribution in [0.2, 0.25) is 0 Å². The van der Waals surface area contributed by atoms with Crippen molar-refractivity contribution in [2.75, 3.05) is 11.9 Å². The summed E-state index contributed by atoms with van der Waals surface area (Å²) in [5.41, 5.74) is 1.49. The second-order valence-corrected chi connectivity index (χ2v) is 6.41. The van der Waals surface area contributed by atoms with Crippen LogP contribution in [-0.4, -0.2) is 22.4 Å². The number of thiazole rings is 1. The van der Waals surface area contributed by atoms with Gasteiger partial charge in [0.25, 0.3) is 5.91 Å². The van der Waals surface area contributed by atoms with E-state index in [0.717, 1.165) is 15.2 Å². The van der Waals surface area contributed by atoms with Gasteiger partial charge in [0.2, 0.25) is 0 Å². The normalized spacial score (nSPS) is 12.0. The Morgan fingerprint density at radius 2 is 2.29 bits per heavy atom. The number of amides is 1. The maximum atomic E-state index is 12.4. The van der Waals surface area contributed by atoms with E-state index in [-0.39, 0.29) is 11.9 Å². The molecular weight excluding hydrogens is 352 g/mol. The summed E-state index contributed by atoms with van der Waals surface area (Å²) >= 11 is 4.90. The van der Waals surface area contributed by atoms with Crippen molar-refractivity contribution in [3.05, 3.63) is 38.4 Å². The summed E-state index contributed by atoms with van der Waals surface area (Å²) in [6.07, 6.45) is 1.67. The van der Waals surface area contributed by atoms with Gasteiger partial charge in [-0.15, -0.1) is 11.3 Å². The highest BCUT2D eigenvalue weighted by molar-refractivity contribution is 9.10. The first-order chi connectivity index (χ1) is 10.0. The van der Waals surface area contributed by atoms with Crippen molar-refractivity contribution < 1.29 is 4.79 Å². The van der Waals surface area contributed by atoms with Gasteiger partial charge >= 0.3 is 0 Å². The lowest BCUT2D eigenvalue weighted by molar-refractivity contribution is 0.0940. The molecule has 1 atom stereocenters. The Kier molecular flexibility index (Phi) is 5.30. The quantitative estimate of drug-likeness (QED) is 0.846. The van der Waals surface area contributed by atoms with E-state index >= 15 is 0 Å². The van der Waals surface area contributed by atoms with Gasteiger partial charge in [0.15, 0.2) is 0 Å². The first-order valence-electron chi connectivity index (χ1n) is 6.63. The number of anilines is 1. The molecule has 0 aromatic carbocycles. The van der Waals surface area contributed by atoms with E-state index < -0.39 is 0 Å². The van der Waals surface area contributed by atoms with Crippen molar-refractivity contribution in [2.45, 2.75) is 26.8 Å². The molecule has 0 fully saturated rings. The SMILES string of the molecule is CCNc1ncc(Br)cc1C(=O)NC(C)c1nc(C)cs1. The van der Waals surface area contributed by atoms with Crippen molar-refractivity contribution in [3.63, 3.8) is 0 Å². The number of aryl methyl sites for hydroxylation is 1. The minimum Gasteiger partial charge on any atom is -0.370 e. The lowest BCUT2D eigenvalue weighted by Crippen LogP contribution is -2.27. The molecule has 1 amide bonds. The van der Waals surface area contributed by atoms with Gasteiger partial charge in [-0.05, 0) is 42.8 Å². The number of pyridine rings is 1. The van der Waals surface area contributed by atoms with Crippen LogP contribution in [0.4, 0.5) is 5.82 Å². The molecule has 0 spiro atoms. The van der Waals surface area contributed by atoms with Crippen LogP contribution in [0, 0.1) is 6.92 Å². The van der Waals surface area contributed by atoms with E-state index in [4.69, 9.17) is 0 Å². The third kappa shape index (κ3) is 4.01. The first-order valence-corrected chi connectivity index (χ1v) is 8.30. The molecule has 7 heteroatoms. The third-order valence-corrected chi connectivity index (χ3v) is 4.38. The van der Waals surface area contributed by atoms with Gasteiger partial charge in [-0.3, -0.25) is 4.79 Å². The molecule has 0 saturated carbocycles. The molecule has 0 aliphatic heterocycles. The summed E-state index contributed by atoms with van der Waals surface area (Å²) in [6.45, 7) is 6.53. The van der Waals surface area contributed by atoms with Crippen LogP contribution in [0.1, 0.15) is 40.9 Å². The van der Waals surface area contributed by atoms with E-state index in [9.17, 15) is 4.79 Å². The smallest absolute Gasteiger partial charge is 0.255 e. The van der Waals surface area contributed by atoms with Gasteiger partial charge in [-0.1, -0.05) is 0 Å². The highest BCUT2D eigenvalue weighted by atomic mass is 79.9. The Morgan fingerprint density at radius 1 is 1.52 bits per heavy atom. The highest BCUT2D eigenvalue weighted by Crippen LogP contribution is 2.21. The van der Waals surface area contributed by atoms with Crippen molar-refractivity contribution >= 4 is 39.0 Å². The summed E-state index contributed by atoms with van der Waals surface area (Å²) in [5.74, 6) is 0.417. The third-order valence-electron chi connectivity index (χ3n) is 2.80. The fourth-order valence-electron chi connectivity index (χ4n) is 1.83. The number of nitrogens with one attached hydrogen (secondary N) is 2. The Balaban J connectivity index is 2.18. The number of rotatable bonds is 5. The number of aromatic nitrogens is 2. The van der Waals surface area contributed by atoms with Crippen molar-refractivity contribution in [1.82, 2.24) is 15.3 Å². The van der Waals surface area contributed by atoms with Crippen LogP contribution >= 0.6 is 27.3 Å². The second kappa shape index (κ2) is 7.00. The van der Waals surface area contributed by atoms with E-state index in [1.54, 1.807) is 23.6 Å². The zero-order valence-electron chi connectivity index (χ0n) is 12.1. The molecule has 21 heavy (non-hydrogen) atoms. The zero-order chi connectivity index (χ0) is 15.4. The summed E-state index contributed by atoms with van der Waals surface area (Å²) in [4.78, 5) is 21.1. The maximum absolute atomic E-state index is 12.4. The molecule has 2 heterocycles. The van der Waals surface area contributed by atoms with E-state index in [1.807, 2.05) is 26.2 Å². The molecule has 112 valence electrons. The fourth-order valence-corrected chi connectivity index (χ4v) is 2.96. The Bertz CT molecular complexity index is 644. The molecule has 0 saturated heterocycles. The Hall–Kier alpha value is -1.47. The van der Waals surface area contributed by atoms with Gasteiger partial charge in [0.05, 0.1) is 11.6 Å². The Morgan fingerprint density at radius 3 is 2.90 bits per heavy atom. The molecule has 2 aromatic rings. The predicted octanol–water partition coefficient (Wildman–Crippen LogP) is 3.53. The minimum atomic E-state index is -0.167. The van der Waals surface area contributed by atoms with Crippen LogP contribution in [0.15, 0.2) is 22.1 Å². The summed E-state index contributed by atoms with van der Waals surface area (Å²) in [6, 6.07) is 1.63. The van der Waals surface area contributed by atoms with Gasteiger partial charge in [0, 0.05) is 28.3 Å². The van der Waals surface area contributed by atoms with Crippen molar-refractivity contribution in [2.24, 2.45) is 0 Å². The molecule has 0 bridgehead atoms. The average molecular weight is 369 g/mol. The predicted molar refractivity (Wildman–Crippen MR) is 88.8 cm³/mol. The molecule has 1 unspecified atom stereocenters. The van der Waals surface area contributed by atoms with E-state index in [2.05, 4.69) is 36.5 Å². The minimum absolute atomic E-state index is 0.135. The number of halogens is 1. The lowest BCUT2D eigenvalue weighted by atomic mass is 10.2. The fraction of sp³-hybridized carbons (Fsp3) is 0.357. The van der Waals surface area contributed by atoms with Gasteiger partial charge < -0.3 is 10.6 Å². The molecular formula is C14H17BrN4OS. The van der Waals surface area contributed by atoms with E-state index in [0.29, 0.717) is 17.9 Å². The first kappa shape index (κ1) is 15.9. The van der Waals surface area contributed by atoms with Gasteiger partial charge in [-0.25, -0.2) is 9.97 Å². The highest BCUT2D eigenvalue weighted by Gasteiger charge is 2.17. The van der Waals surface area contributed by atoms with E-state index in [1.165, 1.54) is 0 Å². The number of nitrogens with zero attached hydrogens (tertiary/aromatic N) is 2. The standard InChI is InChI=1S/C14H17BrN4OS/c1-4-16-12-11(5-10(15)6-17-12)13(20)19-9(3)14-18-8(2)7-21-14/h5-7,9H,4H2,1-3H3,(H,16,17)(H,19,20). The summed E-state index contributed by atoms with van der Waals surface area (Å²) < 4.78 is 0.770. The largest absolute Gasteiger partial charge is 0.370 e. The van der Waals surface area contributed by atoms with Crippen LogP contribution in [0.3, 0.4) is 0 Å². The van der Waals surface area contributed by atoms with Crippen molar-refractivity contribution in [3.8, 4) is 0 Å². The number of hydrogen-bond acceptors (Lipinski definition) is 5. The number of carbonyl (C=O) groups is 1. The second-order valence-electron chi connectivity index (χ2n) is 4.60. The molecule has 2 aromatic heterocycles. The Labute approximate surface area is 136 Å². The van der Waals surface area contributed by atoms with Gasteiger partial charge in [-0.2, -0.15) is 0 Å². The summed E-state index contributed by atoms with van der Waals surface area (Å²) in [7, 11) is 0. The molecule has 0 aliphatic carbocycles. The monoisotopic (exact) mass is 368 g/mol. The van der Waals surface area contributed by atoms with Crippen LogP contribution < -0.4 is 10.6 Å². The number of carbonyl (C=O) groups excluding carboxylic acids is 1. The lowest BCUT2D eigenvalue weighted by Gasteiger charge is -2.14. The molecule has 0 radical (unpaired) electrons. The molecule has 2 rings (SSSR count). The molecule has 0 aliphatic rings. The van der Waals surface area contributed by atoms with Crippen LogP contribution in [0.25, 0.3) is 0 Å².